The molecule has 0 radical (unpaired) electrons. The molecule has 0 spiro atoms. The fourth-order valence-corrected chi connectivity index (χ4v) is 4.11. The topological polar surface area (TPSA) is 48.3 Å². The lowest BCUT2D eigenvalue weighted by atomic mass is 9.84. The van der Waals surface area contributed by atoms with E-state index in [1.807, 2.05) is 32.9 Å². The summed E-state index contributed by atoms with van der Waals surface area (Å²) in [4.78, 5) is 24.9. The summed E-state index contributed by atoms with van der Waals surface area (Å²) in [5, 5.41) is 0. The van der Waals surface area contributed by atoms with Gasteiger partial charge in [0, 0.05) is 12.3 Å². The molecule has 31 heavy (non-hydrogen) atoms. The first-order valence-corrected chi connectivity index (χ1v) is 10.5. The summed E-state index contributed by atoms with van der Waals surface area (Å²) in [7, 11) is 0. The Balaban J connectivity index is 1.83. The molecule has 4 nitrogen and oxygen atoms in total. The second-order valence-electron chi connectivity index (χ2n) is 9.18. The molecule has 1 aromatic carbocycles. The molecule has 0 amide bonds. The molecule has 7 heteroatoms. The predicted octanol–water partition coefficient (Wildman–Crippen LogP) is 5.53. The predicted molar refractivity (Wildman–Crippen MR) is 112 cm³/mol. The van der Waals surface area contributed by atoms with E-state index >= 15 is 0 Å². The van der Waals surface area contributed by atoms with Crippen LogP contribution in [0.2, 0.25) is 0 Å². The Labute approximate surface area is 180 Å². The Hall–Kier alpha value is -2.57. The van der Waals surface area contributed by atoms with Crippen molar-refractivity contribution in [3.8, 4) is 0 Å². The quantitative estimate of drug-likeness (QED) is 0.580. The molecule has 0 bridgehead atoms. The van der Waals surface area contributed by atoms with Crippen molar-refractivity contribution in [3.05, 3.63) is 69.6 Å². The Morgan fingerprint density at radius 3 is 2.23 bits per heavy atom. The van der Waals surface area contributed by atoms with Gasteiger partial charge in [0.15, 0.2) is 0 Å². The zero-order chi connectivity index (χ0) is 22.8. The standard InChI is InChI=1S/C24H28F3NO3/c1-23(2,3)31-22(30)21(17-6-4-5-7-17)18-10-8-16(9-11-18)14-28-15-19(24(25,26)27)12-13-20(28)29/h8-13,15,17,21H,4-7,14H2,1-3H3. The molecular formula is C24H28F3NO3. The normalized spacial score (nSPS) is 16.3. The highest BCUT2D eigenvalue weighted by atomic mass is 19.4. The van der Waals surface area contributed by atoms with Gasteiger partial charge in [-0.2, -0.15) is 13.2 Å². The summed E-state index contributed by atoms with van der Waals surface area (Å²) in [6.45, 7) is 5.54. The van der Waals surface area contributed by atoms with E-state index in [0.29, 0.717) is 5.56 Å². The van der Waals surface area contributed by atoms with Gasteiger partial charge in [-0.15, -0.1) is 0 Å². The van der Waals surface area contributed by atoms with Gasteiger partial charge >= 0.3 is 12.1 Å². The number of hydrogen-bond donors (Lipinski definition) is 0. The van der Waals surface area contributed by atoms with Gasteiger partial charge in [-0.1, -0.05) is 37.1 Å². The minimum absolute atomic E-state index is 0.0174. The zero-order valence-corrected chi connectivity index (χ0v) is 18.0. The number of ether oxygens (including phenoxy) is 1. The minimum atomic E-state index is -4.51. The van der Waals surface area contributed by atoms with E-state index in [2.05, 4.69) is 0 Å². The van der Waals surface area contributed by atoms with Crippen molar-refractivity contribution in [2.75, 3.05) is 0 Å². The number of alkyl halides is 3. The maximum absolute atomic E-state index is 13.0. The van der Waals surface area contributed by atoms with Gasteiger partial charge in [-0.25, -0.2) is 0 Å². The number of hydrogen-bond acceptors (Lipinski definition) is 3. The lowest BCUT2D eigenvalue weighted by Crippen LogP contribution is -2.30. The molecule has 0 saturated heterocycles. The van der Waals surface area contributed by atoms with Crippen molar-refractivity contribution in [1.82, 2.24) is 4.57 Å². The number of rotatable bonds is 5. The van der Waals surface area contributed by atoms with Crippen LogP contribution in [0.4, 0.5) is 13.2 Å². The first-order valence-electron chi connectivity index (χ1n) is 10.5. The SMILES string of the molecule is CC(C)(C)OC(=O)C(c1ccc(Cn2cc(C(F)(F)F)ccc2=O)cc1)C1CCCC1. The van der Waals surface area contributed by atoms with Crippen LogP contribution in [-0.4, -0.2) is 16.1 Å². The molecule has 168 valence electrons. The summed E-state index contributed by atoms with van der Waals surface area (Å²) in [5.74, 6) is -0.403. The fraction of sp³-hybridized carbons (Fsp3) is 0.500. The average Bonchev–Trinajstić information content (AvgIpc) is 3.17. The number of carbonyl (C=O) groups is 1. The van der Waals surface area contributed by atoms with Gasteiger partial charge in [0.2, 0.25) is 0 Å². The van der Waals surface area contributed by atoms with Crippen molar-refractivity contribution < 1.29 is 22.7 Å². The molecular weight excluding hydrogens is 407 g/mol. The van der Waals surface area contributed by atoms with E-state index in [0.717, 1.165) is 54.1 Å². The molecule has 1 heterocycles. The van der Waals surface area contributed by atoms with Gasteiger partial charge < -0.3 is 9.30 Å². The summed E-state index contributed by atoms with van der Waals surface area (Å²) >= 11 is 0. The molecule has 1 fully saturated rings. The van der Waals surface area contributed by atoms with Crippen molar-refractivity contribution in [2.45, 2.75) is 70.7 Å². The van der Waals surface area contributed by atoms with E-state index in [1.54, 1.807) is 12.1 Å². The van der Waals surface area contributed by atoms with Crippen LogP contribution in [0, 0.1) is 5.92 Å². The van der Waals surface area contributed by atoms with Crippen molar-refractivity contribution in [2.24, 2.45) is 5.92 Å². The van der Waals surface area contributed by atoms with E-state index < -0.39 is 22.9 Å². The van der Waals surface area contributed by atoms with E-state index in [1.165, 1.54) is 0 Å². The summed E-state index contributed by atoms with van der Waals surface area (Å²) in [6, 6.07) is 8.87. The van der Waals surface area contributed by atoms with Crippen LogP contribution < -0.4 is 5.56 Å². The fourth-order valence-electron chi connectivity index (χ4n) is 4.11. The second-order valence-corrected chi connectivity index (χ2v) is 9.18. The number of aromatic nitrogens is 1. The minimum Gasteiger partial charge on any atom is -0.459 e. The van der Waals surface area contributed by atoms with Gasteiger partial charge in [-0.3, -0.25) is 9.59 Å². The van der Waals surface area contributed by atoms with Crippen LogP contribution in [-0.2, 0) is 22.3 Å². The Morgan fingerprint density at radius 2 is 1.68 bits per heavy atom. The average molecular weight is 435 g/mol. The second kappa shape index (κ2) is 8.89. The molecule has 0 N–H and O–H groups in total. The Kier molecular flexibility index (Phi) is 6.62. The summed E-state index contributed by atoms with van der Waals surface area (Å²) in [6.07, 6.45) is 0.414. The van der Waals surface area contributed by atoms with Crippen LogP contribution in [0.5, 0.6) is 0 Å². The number of benzene rings is 1. The van der Waals surface area contributed by atoms with Crippen LogP contribution in [0.25, 0.3) is 0 Å². The summed E-state index contributed by atoms with van der Waals surface area (Å²) < 4.78 is 45.6. The largest absolute Gasteiger partial charge is 0.459 e. The van der Waals surface area contributed by atoms with Crippen molar-refractivity contribution in [3.63, 3.8) is 0 Å². The highest BCUT2D eigenvalue weighted by molar-refractivity contribution is 5.79. The van der Waals surface area contributed by atoms with E-state index in [-0.39, 0.29) is 24.3 Å². The van der Waals surface area contributed by atoms with E-state index in [4.69, 9.17) is 4.74 Å². The van der Waals surface area contributed by atoms with Crippen molar-refractivity contribution in [1.29, 1.82) is 0 Å². The van der Waals surface area contributed by atoms with Crippen LogP contribution >= 0.6 is 0 Å². The molecule has 3 rings (SSSR count). The molecule has 1 aliphatic rings. The first kappa shape index (κ1) is 23.1. The Bertz CT molecular complexity index is 965. The number of nitrogens with zero attached hydrogens (tertiary/aromatic N) is 1. The number of halogens is 3. The monoisotopic (exact) mass is 435 g/mol. The van der Waals surface area contributed by atoms with Gasteiger partial charge in [-0.05, 0) is 56.7 Å². The third-order valence-electron chi connectivity index (χ3n) is 5.53. The van der Waals surface area contributed by atoms with Gasteiger partial charge in [0.25, 0.3) is 5.56 Å². The van der Waals surface area contributed by atoms with Crippen LogP contribution in [0.3, 0.4) is 0 Å². The number of pyridine rings is 1. The maximum atomic E-state index is 13.0. The van der Waals surface area contributed by atoms with E-state index in [9.17, 15) is 22.8 Å². The van der Waals surface area contributed by atoms with Gasteiger partial charge in [0.05, 0.1) is 18.0 Å². The highest BCUT2D eigenvalue weighted by Crippen LogP contribution is 2.39. The molecule has 1 aliphatic carbocycles. The number of carbonyl (C=O) groups excluding carboxylic acids is 1. The Morgan fingerprint density at radius 1 is 1.06 bits per heavy atom. The summed E-state index contributed by atoms with van der Waals surface area (Å²) in [5.41, 5.74) is -0.441. The smallest absolute Gasteiger partial charge is 0.417 e. The van der Waals surface area contributed by atoms with Crippen molar-refractivity contribution >= 4 is 5.97 Å². The third-order valence-corrected chi connectivity index (χ3v) is 5.53. The van der Waals surface area contributed by atoms with Crippen LogP contribution in [0.1, 0.15) is 69.1 Å². The molecule has 0 aliphatic heterocycles. The molecule has 1 unspecified atom stereocenters. The molecule has 1 saturated carbocycles. The first-order chi connectivity index (χ1) is 14.4. The lowest BCUT2D eigenvalue weighted by Gasteiger charge is -2.27. The number of esters is 1. The van der Waals surface area contributed by atoms with Gasteiger partial charge in [0.1, 0.15) is 5.60 Å². The molecule has 2 aromatic rings. The highest BCUT2D eigenvalue weighted by Gasteiger charge is 2.35. The molecule has 1 atom stereocenters. The zero-order valence-electron chi connectivity index (χ0n) is 18.0. The molecule has 1 aromatic heterocycles. The maximum Gasteiger partial charge on any atom is 0.417 e. The van der Waals surface area contributed by atoms with Crippen LogP contribution in [0.15, 0.2) is 47.4 Å². The lowest BCUT2D eigenvalue weighted by molar-refractivity contribution is -0.158. The third kappa shape index (κ3) is 5.99.